The van der Waals surface area contributed by atoms with Gasteiger partial charge in [0, 0.05) is 18.7 Å². The highest BCUT2D eigenvalue weighted by Gasteiger charge is 2.09. The number of hydrogen-bond donors (Lipinski definition) is 1. The molecule has 0 atom stereocenters. The predicted molar refractivity (Wildman–Crippen MR) is 148 cm³/mol. The van der Waals surface area contributed by atoms with Crippen LogP contribution in [0.15, 0.2) is 42.7 Å². The number of nitrogens with zero attached hydrogens (tertiary/aromatic N) is 1. The largest absolute Gasteiger partial charge is 0.493 e. The molecule has 0 spiro atoms. The van der Waals surface area contributed by atoms with E-state index in [1.54, 1.807) is 7.11 Å². The highest BCUT2D eigenvalue weighted by atomic mass is 16.5. The molecule has 1 aromatic heterocycles. The first kappa shape index (κ1) is 29.7. The molecule has 0 saturated carbocycles. The molecule has 36 heavy (non-hydrogen) atoms. The Bertz CT molecular complexity index is 851. The molecule has 1 aromatic carbocycles. The van der Waals surface area contributed by atoms with E-state index < -0.39 is 0 Å². The summed E-state index contributed by atoms with van der Waals surface area (Å²) in [5.74, 6) is 1.38. The monoisotopic (exact) mass is 497 g/mol. The Labute approximate surface area is 219 Å². The number of pyridine rings is 1. The van der Waals surface area contributed by atoms with Crippen molar-refractivity contribution < 1.29 is 18.8 Å². The minimum absolute atomic E-state index is 0.0901. The number of hydrogen-bond acceptors (Lipinski definition) is 3. The second kappa shape index (κ2) is 18.7. The molecule has 0 fully saturated rings. The molecular weight excluding hydrogens is 448 g/mol. The zero-order chi connectivity index (χ0) is 25.8. The second-order valence-electron chi connectivity index (χ2n) is 9.86. The summed E-state index contributed by atoms with van der Waals surface area (Å²) >= 11 is 0. The molecule has 2 aromatic rings. The molecule has 0 radical (unpaired) electrons. The number of ether oxygens (including phenoxy) is 2. The first-order valence-electron chi connectivity index (χ1n) is 14.2. The van der Waals surface area contributed by atoms with Gasteiger partial charge in [-0.2, -0.15) is 0 Å². The molecule has 5 nitrogen and oxygen atoms in total. The molecule has 0 aliphatic rings. The minimum Gasteiger partial charge on any atom is -0.493 e. The smallest absolute Gasteiger partial charge is 0.252 e. The van der Waals surface area contributed by atoms with E-state index in [2.05, 4.69) is 12.2 Å². The van der Waals surface area contributed by atoms with Gasteiger partial charge in [0.1, 0.15) is 7.05 Å². The number of aryl methyl sites for hydroxylation is 1. The van der Waals surface area contributed by atoms with Gasteiger partial charge in [-0.05, 0) is 24.1 Å². The standard InChI is InChI=1S/C31H48N2O3/c1-4-5-6-7-8-9-10-11-12-13-14-15-16-17-24-36-29-19-18-27(25-30(29)35-3)26-32-31(34)28-20-22-33(2)23-21-28/h18-23,25H,4-17,24,26H2,1-3H3/p+1. The summed E-state index contributed by atoms with van der Waals surface area (Å²) in [6.45, 7) is 3.42. The summed E-state index contributed by atoms with van der Waals surface area (Å²) < 4.78 is 13.4. The van der Waals surface area contributed by atoms with E-state index in [0.717, 1.165) is 17.7 Å². The molecule has 5 heteroatoms. The molecule has 0 aliphatic heterocycles. The molecule has 200 valence electrons. The third kappa shape index (κ3) is 12.4. The third-order valence-corrected chi connectivity index (χ3v) is 6.68. The van der Waals surface area contributed by atoms with Crippen LogP contribution in [0.3, 0.4) is 0 Å². The number of rotatable bonds is 20. The van der Waals surface area contributed by atoms with Crippen LogP contribution < -0.4 is 19.4 Å². The molecule has 1 N–H and O–H groups in total. The zero-order valence-corrected chi connectivity index (χ0v) is 23.0. The lowest BCUT2D eigenvalue weighted by Gasteiger charge is -2.13. The molecular formula is C31H49N2O3+. The van der Waals surface area contributed by atoms with Crippen LogP contribution >= 0.6 is 0 Å². The number of carbonyl (C=O) groups is 1. The Morgan fingerprint density at radius 3 is 1.89 bits per heavy atom. The van der Waals surface area contributed by atoms with Gasteiger partial charge >= 0.3 is 0 Å². The highest BCUT2D eigenvalue weighted by Crippen LogP contribution is 2.28. The number of aromatic nitrogens is 1. The lowest BCUT2D eigenvalue weighted by atomic mass is 10.0. The van der Waals surface area contributed by atoms with Crippen LogP contribution in [-0.4, -0.2) is 19.6 Å². The first-order valence-corrected chi connectivity index (χ1v) is 14.2. The molecule has 0 bridgehead atoms. The van der Waals surface area contributed by atoms with E-state index in [1.807, 2.05) is 54.3 Å². The summed E-state index contributed by atoms with van der Waals surface area (Å²) in [7, 11) is 3.58. The number of unbranched alkanes of at least 4 members (excludes halogenated alkanes) is 13. The number of amides is 1. The van der Waals surface area contributed by atoms with Crippen LogP contribution in [0.1, 0.15) is 113 Å². The van der Waals surface area contributed by atoms with Crippen LogP contribution in [0.4, 0.5) is 0 Å². The fourth-order valence-corrected chi connectivity index (χ4v) is 4.36. The number of methoxy groups -OCH3 is 1. The van der Waals surface area contributed by atoms with Gasteiger partial charge in [0.15, 0.2) is 23.9 Å². The van der Waals surface area contributed by atoms with E-state index in [0.29, 0.717) is 24.5 Å². The summed E-state index contributed by atoms with van der Waals surface area (Å²) in [5, 5.41) is 2.96. The Hall–Kier alpha value is -2.56. The van der Waals surface area contributed by atoms with Crippen molar-refractivity contribution in [2.45, 2.75) is 103 Å². The third-order valence-electron chi connectivity index (χ3n) is 6.68. The van der Waals surface area contributed by atoms with Gasteiger partial charge in [-0.25, -0.2) is 4.57 Å². The zero-order valence-electron chi connectivity index (χ0n) is 23.0. The Balaban J connectivity index is 1.54. The van der Waals surface area contributed by atoms with Gasteiger partial charge in [-0.15, -0.1) is 0 Å². The van der Waals surface area contributed by atoms with Crippen molar-refractivity contribution in [3.8, 4) is 11.5 Å². The van der Waals surface area contributed by atoms with Crippen molar-refractivity contribution in [1.29, 1.82) is 0 Å². The molecule has 2 rings (SSSR count). The summed E-state index contributed by atoms with van der Waals surface area (Å²) in [5.41, 5.74) is 1.62. The Morgan fingerprint density at radius 2 is 1.33 bits per heavy atom. The fourth-order valence-electron chi connectivity index (χ4n) is 4.36. The maximum atomic E-state index is 12.3. The maximum absolute atomic E-state index is 12.3. The topological polar surface area (TPSA) is 51.4 Å². The Kier molecular flexibility index (Phi) is 15.4. The van der Waals surface area contributed by atoms with E-state index in [1.165, 1.54) is 83.5 Å². The summed E-state index contributed by atoms with van der Waals surface area (Å²) in [6, 6.07) is 9.47. The second-order valence-corrected chi connectivity index (χ2v) is 9.86. The van der Waals surface area contributed by atoms with Crippen molar-refractivity contribution in [2.75, 3.05) is 13.7 Å². The molecule has 0 aliphatic carbocycles. The van der Waals surface area contributed by atoms with E-state index in [-0.39, 0.29) is 5.91 Å². The Morgan fingerprint density at radius 1 is 0.778 bits per heavy atom. The van der Waals surface area contributed by atoms with Crippen LogP contribution in [0.25, 0.3) is 0 Å². The van der Waals surface area contributed by atoms with Crippen molar-refractivity contribution in [2.24, 2.45) is 7.05 Å². The predicted octanol–water partition coefficient (Wildman–Crippen LogP) is 7.31. The maximum Gasteiger partial charge on any atom is 0.252 e. The molecule has 0 unspecified atom stereocenters. The average molecular weight is 498 g/mol. The number of carbonyl (C=O) groups excluding carboxylic acids is 1. The van der Waals surface area contributed by atoms with Crippen LogP contribution in [-0.2, 0) is 13.6 Å². The molecule has 1 amide bonds. The van der Waals surface area contributed by atoms with E-state index in [9.17, 15) is 4.79 Å². The van der Waals surface area contributed by atoms with Crippen LogP contribution in [0.2, 0.25) is 0 Å². The number of benzene rings is 1. The van der Waals surface area contributed by atoms with Crippen LogP contribution in [0, 0.1) is 0 Å². The fraction of sp³-hybridized carbons (Fsp3) is 0.613. The minimum atomic E-state index is -0.0901. The van der Waals surface area contributed by atoms with Gasteiger partial charge in [0.2, 0.25) is 0 Å². The first-order chi connectivity index (χ1) is 17.6. The van der Waals surface area contributed by atoms with Gasteiger partial charge in [0.05, 0.1) is 19.3 Å². The SMILES string of the molecule is CCCCCCCCCCCCCCCCOc1ccc(CNC(=O)c2cc[n+](C)cc2)cc1OC. The highest BCUT2D eigenvalue weighted by molar-refractivity contribution is 5.93. The van der Waals surface area contributed by atoms with E-state index >= 15 is 0 Å². The molecule has 1 heterocycles. The number of nitrogens with one attached hydrogen (secondary N) is 1. The van der Waals surface area contributed by atoms with E-state index in [4.69, 9.17) is 9.47 Å². The quantitative estimate of drug-likeness (QED) is 0.154. The average Bonchev–Trinajstić information content (AvgIpc) is 2.90. The van der Waals surface area contributed by atoms with Gasteiger partial charge < -0.3 is 14.8 Å². The van der Waals surface area contributed by atoms with Gasteiger partial charge in [0.25, 0.3) is 5.91 Å². The van der Waals surface area contributed by atoms with Crippen molar-refractivity contribution in [1.82, 2.24) is 5.32 Å². The lowest BCUT2D eigenvalue weighted by Crippen LogP contribution is -2.28. The van der Waals surface area contributed by atoms with Gasteiger partial charge in [-0.1, -0.05) is 96.5 Å². The molecule has 0 saturated heterocycles. The van der Waals surface area contributed by atoms with Crippen molar-refractivity contribution >= 4 is 5.91 Å². The lowest BCUT2D eigenvalue weighted by molar-refractivity contribution is -0.671. The summed E-state index contributed by atoms with van der Waals surface area (Å²) in [6.07, 6.45) is 22.6. The van der Waals surface area contributed by atoms with Gasteiger partial charge in [-0.3, -0.25) is 4.79 Å². The van der Waals surface area contributed by atoms with Crippen molar-refractivity contribution in [3.63, 3.8) is 0 Å². The van der Waals surface area contributed by atoms with Crippen molar-refractivity contribution in [3.05, 3.63) is 53.9 Å². The summed E-state index contributed by atoms with van der Waals surface area (Å²) in [4.78, 5) is 12.3. The normalized spacial score (nSPS) is 10.9. The van der Waals surface area contributed by atoms with Crippen LogP contribution in [0.5, 0.6) is 11.5 Å².